The fourth-order valence-electron chi connectivity index (χ4n) is 6.67. The molecule has 0 aliphatic heterocycles. The zero-order valence-electron chi connectivity index (χ0n) is 36.2. The molecular weight excluding hydrogens is 681 g/mol. The van der Waals surface area contributed by atoms with Crippen molar-refractivity contribution in [1.82, 2.24) is 0 Å². The van der Waals surface area contributed by atoms with Crippen molar-refractivity contribution >= 4 is 22.4 Å². The van der Waals surface area contributed by atoms with Crippen molar-refractivity contribution in [3.05, 3.63) is 47.5 Å². The van der Waals surface area contributed by atoms with Crippen molar-refractivity contribution in [2.45, 2.75) is 182 Å². The molecular formula is C44H76O6Si2. The molecule has 0 spiro atoms. The number of ether oxygens (including phenoxy) is 4. The number of hydrogen-bond donors (Lipinski definition) is 0. The molecule has 2 aromatic rings. The predicted octanol–water partition coefficient (Wildman–Crippen LogP) is 12.8. The van der Waals surface area contributed by atoms with Gasteiger partial charge in [0.1, 0.15) is 5.60 Å². The Morgan fingerprint density at radius 3 is 1.73 bits per heavy atom. The first-order valence-electron chi connectivity index (χ1n) is 20.0. The average molecular weight is 757 g/mol. The topological polar surface area (TPSA) is 63.2 Å². The predicted molar refractivity (Wildman–Crippen MR) is 225 cm³/mol. The molecule has 0 aliphatic carbocycles. The molecule has 2 rings (SSSR count). The number of benzene rings is 2. The molecule has 0 fully saturated rings. The van der Waals surface area contributed by atoms with Gasteiger partial charge in [0.05, 0.1) is 27.7 Å². The number of esters is 1. The minimum Gasteiger partial charge on any atom is -0.493 e. The van der Waals surface area contributed by atoms with Crippen LogP contribution in [0.5, 0.6) is 23.0 Å². The van der Waals surface area contributed by atoms with Gasteiger partial charge in [0, 0.05) is 5.22 Å². The van der Waals surface area contributed by atoms with E-state index >= 15 is 0 Å². The van der Waals surface area contributed by atoms with Crippen LogP contribution in [0.25, 0.3) is 0 Å². The lowest BCUT2D eigenvalue weighted by Gasteiger charge is -2.51. The monoisotopic (exact) mass is 757 g/mol. The van der Waals surface area contributed by atoms with Crippen molar-refractivity contribution in [2.75, 3.05) is 14.2 Å². The summed E-state index contributed by atoms with van der Waals surface area (Å²) in [6, 6.07) is 13.6. The standard InChI is InChI=1S/C44H76O6Si2/c1-17-21-29-41(5,6)40(45)48-36-26-24-35(33-38(36)46-11)28-30-42(7,8)52(15,16)50-44(10,20-4)51(13,14)31-22-23-34-25-27-37(39(32-34)47-12)49-43(9,18-2)19-3/h24-27,32-33H,17-23,28-31H2,1-16H3. The Balaban J connectivity index is 2.11. The van der Waals surface area contributed by atoms with Gasteiger partial charge in [-0.1, -0.05) is 92.1 Å². The number of methoxy groups -OCH3 is 2. The van der Waals surface area contributed by atoms with Gasteiger partial charge in [-0.15, -0.1) is 0 Å². The van der Waals surface area contributed by atoms with E-state index in [0.29, 0.717) is 11.5 Å². The van der Waals surface area contributed by atoms with Crippen LogP contribution in [0.1, 0.15) is 132 Å². The van der Waals surface area contributed by atoms with Crippen LogP contribution < -0.4 is 18.9 Å². The second-order valence-corrected chi connectivity index (χ2v) is 27.8. The molecule has 0 N–H and O–H groups in total. The van der Waals surface area contributed by atoms with Gasteiger partial charge >= 0.3 is 5.97 Å². The molecule has 0 bridgehead atoms. The number of aryl methyl sites for hydroxylation is 2. The van der Waals surface area contributed by atoms with Gasteiger partial charge < -0.3 is 23.4 Å². The van der Waals surface area contributed by atoms with E-state index in [2.05, 4.69) is 106 Å². The molecule has 296 valence electrons. The molecule has 6 nitrogen and oxygen atoms in total. The van der Waals surface area contributed by atoms with E-state index in [1.54, 1.807) is 14.2 Å². The highest BCUT2D eigenvalue weighted by Crippen LogP contribution is 2.47. The van der Waals surface area contributed by atoms with Crippen LogP contribution >= 0.6 is 0 Å². The number of carbonyl (C=O) groups is 1. The first kappa shape index (κ1) is 45.9. The van der Waals surface area contributed by atoms with Crippen LogP contribution in [-0.2, 0) is 22.1 Å². The second kappa shape index (κ2) is 18.8. The molecule has 0 heterocycles. The summed E-state index contributed by atoms with van der Waals surface area (Å²) >= 11 is 0. The highest BCUT2D eigenvalue weighted by Gasteiger charge is 2.50. The van der Waals surface area contributed by atoms with E-state index in [4.69, 9.17) is 23.4 Å². The molecule has 1 atom stereocenters. The maximum atomic E-state index is 13.0. The summed E-state index contributed by atoms with van der Waals surface area (Å²) in [5.74, 6) is 2.52. The Labute approximate surface area is 321 Å². The van der Waals surface area contributed by atoms with Crippen LogP contribution in [0, 0.1) is 5.41 Å². The molecule has 0 radical (unpaired) electrons. The molecule has 0 aliphatic rings. The van der Waals surface area contributed by atoms with Crippen LogP contribution in [0.3, 0.4) is 0 Å². The van der Waals surface area contributed by atoms with Crippen LogP contribution in [-0.4, -0.2) is 47.4 Å². The molecule has 0 amide bonds. The lowest BCUT2D eigenvalue weighted by Crippen LogP contribution is -2.60. The molecule has 8 heteroatoms. The molecule has 0 aromatic heterocycles. The molecule has 1 unspecified atom stereocenters. The van der Waals surface area contributed by atoms with Gasteiger partial charge in [0.25, 0.3) is 0 Å². The first-order valence-corrected chi connectivity index (χ1v) is 26.2. The largest absolute Gasteiger partial charge is 0.493 e. The van der Waals surface area contributed by atoms with Crippen molar-refractivity contribution in [3.63, 3.8) is 0 Å². The Morgan fingerprint density at radius 1 is 0.673 bits per heavy atom. The van der Waals surface area contributed by atoms with Gasteiger partial charge in [-0.25, -0.2) is 0 Å². The number of rotatable bonds is 23. The van der Waals surface area contributed by atoms with Gasteiger partial charge in [-0.3, -0.25) is 4.79 Å². The highest BCUT2D eigenvalue weighted by atomic mass is 28.4. The van der Waals surface area contributed by atoms with E-state index in [1.807, 2.05) is 26.0 Å². The van der Waals surface area contributed by atoms with E-state index in [9.17, 15) is 4.79 Å². The number of hydrogen-bond acceptors (Lipinski definition) is 6. The summed E-state index contributed by atoms with van der Waals surface area (Å²) < 4.78 is 31.2. The van der Waals surface area contributed by atoms with Gasteiger partial charge in [0.2, 0.25) is 0 Å². The third kappa shape index (κ3) is 11.9. The van der Waals surface area contributed by atoms with E-state index in [1.165, 1.54) is 17.2 Å². The summed E-state index contributed by atoms with van der Waals surface area (Å²) in [7, 11) is -0.625. The maximum absolute atomic E-state index is 13.0. The number of carbonyl (C=O) groups excluding carboxylic acids is 1. The van der Waals surface area contributed by atoms with Gasteiger partial charge in [-0.05, 0) is 126 Å². The lowest BCUT2D eigenvalue weighted by atomic mass is 9.87. The third-order valence-electron chi connectivity index (χ3n) is 12.7. The van der Waals surface area contributed by atoms with E-state index in [0.717, 1.165) is 75.7 Å². The highest BCUT2D eigenvalue weighted by molar-refractivity contribution is 6.82. The van der Waals surface area contributed by atoms with Crippen molar-refractivity contribution in [1.29, 1.82) is 0 Å². The lowest BCUT2D eigenvalue weighted by molar-refractivity contribution is -0.144. The Kier molecular flexibility index (Phi) is 16.6. The Morgan fingerprint density at radius 2 is 1.21 bits per heavy atom. The first-order chi connectivity index (χ1) is 24.1. The minimum absolute atomic E-state index is 0.0293. The zero-order chi connectivity index (χ0) is 39.6. The quantitative estimate of drug-likeness (QED) is 0.0639. The fraction of sp³-hybridized carbons (Fsp3) is 0.705. The van der Waals surface area contributed by atoms with Crippen LogP contribution in [0.2, 0.25) is 37.3 Å². The summed E-state index contributed by atoms with van der Waals surface area (Å²) in [5, 5.41) is -0.0959. The third-order valence-corrected chi connectivity index (χ3v) is 22.3. The van der Waals surface area contributed by atoms with Crippen molar-refractivity contribution in [3.8, 4) is 23.0 Å². The average Bonchev–Trinajstić information content (AvgIpc) is 3.10. The molecule has 0 saturated carbocycles. The maximum Gasteiger partial charge on any atom is 0.317 e. The number of unbranched alkanes of at least 4 members (excludes halogenated alkanes) is 1. The summed E-state index contributed by atoms with van der Waals surface area (Å²) in [5.41, 5.74) is 1.74. The zero-order valence-corrected chi connectivity index (χ0v) is 38.2. The summed E-state index contributed by atoms with van der Waals surface area (Å²) in [6.45, 7) is 31.9. The van der Waals surface area contributed by atoms with E-state index < -0.39 is 21.8 Å². The van der Waals surface area contributed by atoms with Crippen LogP contribution in [0.15, 0.2) is 36.4 Å². The van der Waals surface area contributed by atoms with Gasteiger partial charge in [0.15, 0.2) is 31.3 Å². The van der Waals surface area contributed by atoms with Crippen molar-refractivity contribution < 1.29 is 28.2 Å². The normalized spacial score (nSPS) is 14.2. The molecule has 52 heavy (non-hydrogen) atoms. The molecule has 2 aromatic carbocycles. The smallest absolute Gasteiger partial charge is 0.317 e. The second-order valence-electron chi connectivity index (χ2n) is 17.9. The van der Waals surface area contributed by atoms with E-state index in [-0.39, 0.29) is 21.8 Å². The Bertz CT molecular complexity index is 1430. The summed E-state index contributed by atoms with van der Waals surface area (Å²) in [4.78, 5) is 13.0. The van der Waals surface area contributed by atoms with Gasteiger partial charge in [-0.2, -0.15) is 0 Å². The van der Waals surface area contributed by atoms with Crippen molar-refractivity contribution in [2.24, 2.45) is 5.41 Å². The minimum atomic E-state index is -2.18. The fourth-order valence-corrected chi connectivity index (χ4v) is 13.4. The molecule has 0 saturated heterocycles. The Hall–Kier alpha value is -2.30. The summed E-state index contributed by atoms with van der Waals surface area (Å²) in [6.07, 6.45) is 9.78. The SMILES string of the molecule is CCCCC(C)(C)C(=O)Oc1ccc(CCC(C)(C)[Si](C)(C)OC(C)(CC)[Si](C)(C)CCCc2ccc(OC(C)(CC)CC)c(OC)c2)cc1OC. The van der Waals surface area contributed by atoms with Crippen LogP contribution in [0.4, 0.5) is 0 Å².